The Morgan fingerprint density at radius 3 is 2.62 bits per heavy atom. The maximum absolute atomic E-state index is 11.6. The number of anilines is 3. The molecule has 2 aromatic heterocycles. The molecule has 0 amide bonds. The molecule has 2 aliphatic rings. The number of nitrogens with one attached hydrogen (secondary N) is 1. The lowest BCUT2D eigenvalue weighted by Crippen LogP contribution is -2.53. The van der Waals surface area contributed by atoms with Crippen LogP contribution in [0.25, 0.3) is 0 Å². The van der Waals surface area contributed by atoms with Crippen molar-refractivity contribution in [1.29, 1.82) is 0 Å². The van der Waals surface area contributed by atoms with Crippen molar-refractivity contribution < 1.29 is 9.53 Å². The molecule has 1 fully saturated rings. The van der Waals surface area contributed by atoms with Crippen LogP contribution in [0.3, 0.4) is 0 Å². The molecule has 1 aliphatic carbocycles. The Bertz CT molecular complexity index is 1050. The van der Waals surface area contributed by atoms with Crippen LogP contribution in [0.4, 0.5) is 17.5 Å². The minimum Gasteiger partial charge on any atom is -0.464 e. The van der Waals surface area contributed by atoms with Crippen LogP contribution in [0.5, 0.6) is 0 Å². The monoisotopic (exact) mass is 435 g/mol. The first-order valence-electron chi connectivity index (χ1n) is 10.9. The van der Waals surface area contributed by atoms with Gasteiger partial charge in [-0.05, 0) is 39.7 Å². The summed E-state index contributed by atoms with van der Waals surface area (Å²) in [5.41, 5.74) is 3.51. The Balaban J connectivity index is 1.46. The number of carbonyl (C=O) groups excluding carboxylic acids is 1. The minimum atomic E-state index is -0.486. The van der Waals surface area contributed by atoms with Crippen LogP contribution in [-0.2, 0) is 4.74 Å². The van der Waals surface area contributed by atoms with Gasteiger partial charge >= 0.3 is 5.97 Å². The van der Waals surface area contributed by atoms with Gasteiger partial charge in [0.25, 0.3) is 0 Å². The van der Waals surface area contributed by atoms with E-state index in [1.54, 1.807) is 6.20 Å². The van der Waals surface area contributed by atoms with Crippen molar-refractivity contribution in [2.24, 2.45) is 0 Å². The second-order valence-electron chi connectivity index (χ2n) is 8.13. The van der Waals surface area contributed by atoms with Crippen molar-refractivity contribution in [1.82, 2.24) is 20.2 Å². The predicted molar refractivity (Wildman–Crippen MR) is 124 cm³/mol. The standard InChI is InChI=1S/C23H29N7O2/c1-15-14-29(10-11-30(15)20-13-24-19(12-25-20)23(31)32-4)22-17(3)16(2)21(27-28-22)26-18-8-6-5-7-9-18/h6,8-9,12-13,15H,5,7,10-11,14H2,1-4H3,(H,26,27)/t15-/m1/s1. The van der Waals surface area contributed by atoms with Gasteiger partial charge in [-0.15, -0.1) is 10.2 Å². The van der Waals surface area contributed by atoms with Gasteiger partial charge < -0.3 is 19.9 Å². The van der Waals surface area contributed by atoms with E-state index in [1.165, 1.54) is 13.3 Å². The highest BCUT2D eigenvalue weighted by molar-refractivity contribution is 5.86. The smallest absolute Gasteiger partial charge is 0.358 e. The number of hydrogen-bond donors (Lipinski definition) is 1. The molecule has 0 spiro atoms. The minimum absolute atomic E-state index is 0.193. The number of aromatic nitrogens is 4. The molecule has 4 rings (SSSR count). The summed E-state index contributed by atoms with van der Waals surface area (Å²) in [6, 6.07) is 0.193. The zero-order chi connectivity index (χ0) is 22.7. The Hall–Kier alpha value is -3.49. The predicted octanol–water partition coefficient (Wildman–Crippen LogP) is 3.03. The highest BCUT2D eigenvalue weighted by Gasteiger charge is 2.27. The van der Waals surface area contributed by atoms with Crippen LogP contribution < -0.4 is 15.1 Å². The summed E-state index contributed by atoms with van der Waals surface area (Å²) in [4.78, 5) is 24.7. The molecule has 1 N–H and O–H groups in total. The van der Waals surface area contributed by atoms with Crippen molar-refractivity contribution in [3.05, 3.63) is 53.1 Å². The highest BCUT2D eigenvalue weighted by atomic mass is 16.5. The van der Waals surface area contributed by atoms with Gasteiger partial charge in [0.2, 0.25) is 0 Å². The van der Waals surface area contributed by atoms with E-state index in [2.05, 4.69) is 74.3 Å². The summed E-state index contributed by atoms with van der Waals surface area (Å²) in [6.07, 6.45) is 11.7. The fraction of sp³-hybridized carbons (Fsp3) is 0.435. The molecule has 2 aromatic rings. The fourth-order valence-corrected chi connectivity index (χ4v) is 4.02. The van der Waals surface area contributed by atoms with Gasteiger partial charge in [0.1, 0.15) is 5.82 Å². The van der Waals surface area contributed by atoms with Crippen molar-refractivity contribution in [2.75, 3.05) is 41.9 Å². The van der Waals surface area contributed by atoms with Crippen LogP contribution in [0.1, 0.15) is 41.4 Å². The Morgan fingerprint density at radius 1 is 1.12 bits per heavy atom. The first kappa shape index (κ1) is 21.7. The molecule has 0 saturated carbocycles. The lowest BCUT2D eigenvalue weighted by molar-refractivity contribution is 0.0593. The van der Waals surface area contributed by atoms with Crippen molar-refractivity contribution in [2.45, 2.75) is 39.7 Å². The zero-order valence-electron chi connectivity index (χ0n) is 19.0. The number of allylic oxidation sites excluding steroid dienone is 3. The van der Waals surface area contributed by atoms with Gasteiger partial charge in [-0.25, -0.2) is 14.8 Å². The molecule has 0 radical (unpaired) electrons. The fourth-order valence-electron chi connectivity index (χ4n) is 4.02. The SMILES string of the molecule is COC(=O)c1cnc(N2CCN(c3nnc(NC4=CCCC=C4)c(C)c3C)C[C@H]2C)cn1. The van der Waals surface area contributed by atoms with E-state index in [9.17, 15) is 4.79 Å². The molecule has 0 bridgehead atoms. The lowest BCUT2D eigenvalue weighted by Gasteiger charge is -2.41. The average Bonchev–Trinajstić information content (AvgIpc) is 2.82. The molecule has 1 saturated heterocycles. The van der Waals surface area contributed by atoms with Gasteiger partial charge in [-0.3, -0.25) is 0 Å². The Morgan fingerprint density at radius 2 is 1.97 bits per heavy atom. The highest BCUT2D eigenvalue weighted by Crippen LogP contribution is 2.28. The molecule has 1 atom stereocenters. The third-order valence-corrected chi connectivity index (χ3v) is 6.01. The Labute approximate surface area is 188 Å². The van der Waals surface area contributed by atoms with Gasteiger partial charge in [-0.1, -0.05) is 12.2 Å². The number of methoxy groups -OCH3 is 1. The molecule has 32 heavy (non-hydrogen) atoms. The number of piperazine rings is 1. The molecular weight excluding hydrogens is 406 g/mol. The summed E-state index contributed by atoms with van der Waals surface area (Å²) >= 11 is 0. The quantitative estimate of drug-likeness (QED) is 0.711. The summed E-state index contributed by atoms with van der Waals surface area (Å²) in [5, 5.41) is 12.5. The van der Waals surface area contributed by atoms with Gasteiger partial charge in [0.15, 0.2) is 17.3 Å². The van der Waals surface area contributed by atoms with E-state index in [1.807, 2.05) is 0 Å². The van der Waals surface area contributed by atoms with E-state index in [-0.39, 0.29) is 11.7 Å². The summed E-state index contributed by atoms with van der Waals surface area (Å²) in [7, 11) is 1.33. The van der Waals surface area contributed by atoms with Crippen LogP contribution in [-0.4, -0.2) is 58.9 Å². The van der Waals surface area contributed by atoms with E-state index >= 15 is 0 Å². The second-order valence-corrected chi connectivity index (χ2v) is 8.13. The molecule has 3 heterocycles. The molecule has 0 aromatic carbocycles. The average molecular weight is 436 g/mol. The molecule has 168 valence electrons. The van der Waals surface area contributed by atoms with Crippen LogP contribution in [0, 0.1) is 13.8 Å². The molecule has 9 nitrogen and oxygen atoms in total. The number of hydrogen-bond acceptors (Lipinski definition) is 9. The van der Waals surface area contributed by atoms with Crippen LogP contribution >= 0.6 is 0 Å². The summed E-state index contributed by atoms with van der Waals surface area (Å²) < 4.78 is 4.69. The van der Waals surface area contributed by atoms with Crippen molar-refractivity contribution in [3.63, 3.8) is 0 Å². The van der Waals surface area contributed by atoms with E-state index in [0.717, 1.165) is 66.8 Å². The van der Waals surface area contributed by atoms with E-state index in [4.69, 9.17) is 4.74 Å². The molecular formula is C23H29N7O2. The zero-order valence-corrected chi connectivity index (χ0v) is 19.0. The third-order valence-electron chi connectivity index (χ3n) is 6.01. The largest absolute Gasteiger partial charge is 0.464 e. The maximum Gasteiger partial charge on any atom is 0.358 e. The summed E-state index contributed by atoms with van der Waals surface area (Å²) in [6.45, 7) is 8.68. The van der Waals surface area contributed by atoms with E-state index in [0.29, 0.717) is 0 Å². The molecule has 9 heteroatoms. The van der Waals surface area contributed by atoms with Crippen molar-refractivity contribution in [3.8, 4) is 0 Å². The third kappa shape index (κ3) is 4.42. The molecule has 0 unspecified atom stereocenters. The second kappa shape index (κ2) is 9.33. The van der Waals surface area contributed by atoms with Gasteiger partial charge in [0.05, 0.1) is 19.5 Å². The normalized spacial score (nSPS) is 18.4. The number of ether oxygens (including phenoxy) is 1. The maximum atomic E-state index is 11.6. The van der Waals surface area contributed by atoms with Crippen molar-refractivity contribution >= 4 is 23.4 Å². The lowest BCUT2D eigenvalue weighted by atomic mass is 10.1. The topological polar surface area (TPSA) is 96.4 Å². The first-order chi connectivity index (χ1) is 15.5. The number of carbonyl (C=O) groups is 1. The van der Waals surface area contributed by atoms with Crippen LogP contribution in [0.15, 0.2) is 36.3 Å². The first-order valence-corrected chi connectivity index (χ1v) is 10.9. The molecule has 1 aliphatic heterocycles. The van der Waals surface area contributed by atoms with Crippen LogP contribution in [0.2, 0.25) is 0 Å². The number of nitrogens with zero attached hydrogens (tertiary/aromatic N) is 6. The van der Waals surface area contributed by atoms with Gasteiger partial charge in [-0.2, -0.15) is 0 Å². The number of rotatable bonds is 5. The number of esters is 1. The van der Waals surface area contributed by atoms with Gasteiger partial charge in [0, 0.05) is 42.5 Å². The Kier molecular flexibility index (Phi) is 6.34. The summed E-state index contributed by atoms with van der Waals surface area (Å²) in [5.74, 6) is 1.98. The van der Waals surface area contributed by atoms with E-state index < -0.39 is 5.97 Å².